The van der Waals surface area contributed by atoms with E-state index in [0.29, 0.717) is 6.54 Å². The van der Waals surface area contributed by atoms with Gasteiger partial charge in [-0.25, -0.2) is 0 Å². The Morgan fingerprint density at radius 2 is 2.41 bits per heavy atom. The van der Waals surface area contributed by atoms with Crippen LogP contribution in [0.2, 0.25) is 0 Å². The quantitative estimate of drug-likeness (QED) is 0.797. The van der Waals surface area contributed by atoms with Crippen LogP contribution in [0.1, 0.15) is 25.1 Å². The highest BCUT2D eigenvalue weighted by molar-refractivity contribution is 5.77. The summed E-state index contributed by atoms with van der Waals surface area (Å²) in [5.74, 6) is 0.562. The number of hydrogen-bond donors (Lipinski definition) is 2. The molecule has 1 aromatic rings. The number of primary amides is 1. The molecule has 1 aromatic heterocycles. The molecule has 5 nitrogen and oxygen atoms in total. The second-order valence-electron chi connectivity index (χ2n) is 4.70. The van der Waals surface area contributed by atoms with E-state index in [1.54, 1.807) is 6.26 Å². The molecule has 0 saturated carbocycles. The predicted octanol–water partition coefficient (Wildman–Crippen LogP) is 0.475. The van der Waals surface area contributed by atoms with Gasteiger partial charge in [-0.3, -0.25) is 9.69 Å². The number of likely N-dealkylation sites (tertiary alicyclic amines) is 1. The Hall–Kier alpha value is -1.33. The first-order valence-corrected chi connectivity index (χ1v) is 5.92. The molecule has 5 heteroatoms. The molecular weight excluding hydrogens is 218 g/mol. The van der Waals surface area contributed by atoms with Crippen molar-refractivity contribution >= 4 is 5.91 Å². The van der Waals surface area contributed by atoms with Crippen LogP contribution in [0.15, 0.2) is 22.8 Å². The van der Waals surface area contributed by atoms with Gasteiger partial charge in [-0.2, -0.15) is 0 Å². The normalized spacial score (nSPS) is 24.7. The minimum atomic E-state index is -0.227. The van der Waals surface area contributed by atoms with Crippen LogP contribution in [-0.2, 0) is 4.79 Å². The van der Waals surface area contributed by atoms with E-state index in [1.165, 1.54) is 0 Å². The first-order chi connectivity index (χ1) is 8.09. The van der Waals surface area contributed by atoms with Gasteiger partial charge in [0.25, 0.3) is 0 Å². The highest BCUT2D eigenvalue weighted by Gasteiger charge is 2.34. The van der Waals surface area contributed by atoms with Crippen LogP contribution in [-0.4, -0.2) is 29.9 Å². The molecule has 0 aromatic carbocycles. The summed E-state index contributed by atoms with van der Waals surface area (Å²) in [5.41, 5.74) is 11.3. The molecule has 1 aliphatic heterocycles. The topological polar surface area (TPSA) is 85.5 Å². The van der Waals surface area contributed by atoms with Gasteiger partial charge in [-0.1, -0.05) is 0 Å². The Balaban J connectivity index is 2.11. The van der Waals surface area contributed by atoms with Crippen molar-refractivity contribution in [3.63, 3.8) is 0 Å². The smallest absolute Gasteiger partial charge is 0.221 e. The second-order valence-corrected chi connectivity index (χ2v) is 4.70. The van der Waals surface area contributed by atoms with E-state index in [1.807, 2.05) is 19.1 Å². The molecule has 3 unspecified atom stereocenters. The molecule has 1 saturated heterocycles. The van der Waals surface area contributed by atoms with Gasteiger partial charge < -0.3 is 15.9 Å². The van der Waals surface area contributed by atoms with Crippen LogP contribution in [0.4, 0.5) is 0 Å². The number of rotatable bonds is 4. The average Bonchev–Trinajstić information content (AvgIpc) is 2.88. The number of amides is 1. The van der Waals surface area contributed by atoms with Crippen molar-refractivity contribution in [2.24, 2.45) is 17.4 Å². The highest BCUT2D eigenvalue weighted by Crippen LogP contribution is 2.29. The molecule has 1 fully saturated rings. The van der Waals surface area contributed by atoms with Crippen molar-refractivity contribution in [1.82, 2.24) is 4.90 Å². The van der Waals surface area contributed by atoms with Gasteiger partial charge in [0.05, 0.1) is 18.2 Å². The van der Waals surface area contributed by atoms with Crippen molar-refractivity contribution in [3.05, 3.63) is 24.2 Å². The van der Waals surface area contributed by atoms with Gasteiger partial charge >= 0.3 is 0 Å². The zero-order valence-electron chi connectivity index (χ0n) is 10.0. The molecule has 0 spiro atoms. The first-order valence-electron chi connectivity index (χ1n) is 5.92. The van der Waals surface area contributed by atoms with Gasteiger partial charge in [-0.05, 0) is 32.0 Å². The number of nitrogens with zero attached hydrogens (tertiary/aromatic N) is 1. The molecule has 1 aliphatic rings. The molecule has 1 amide bonds. The molecular formula is C12H19N3O2. The lowest BCUT2D eigenvalue weighted by Gasteiger charge is -2.29. The van der Waals surface area contributed by atoms with E-state index in [2.05, 4.69) is 4.90 Å². The summed E-state index contributed by atoms with van der Waals surface area (Å²) in [7, 11) is 0. The standard InChI is InChI=1S/C12H19N3O2/c1-8(13)11(10-3-2-6-17-10)15-5-4-9(7-15)12(14)16/h2-3,6,8-9,11H,4-5,7,13H2,1H3,(H2,14,16). The number of carbonyl (C=O) groups is 1. The lowest BCUT2D eigenvalue weighted by Crippen LogP contribution is -2.39. The molecule has 17 heavy (non-hydrogen) atoms. The van der Waals surface area contributed by atoms with E-state index >= 15 is 0 Å². The number of furan rings is 1. The zero-order chi connectivity index (χ0) is 12.4. The molecule has 4 N–H and O–H groups in total. The summed E-state index contributed by atoms with van der Waals surface area (Å²) >= 11 is 0. The van der Waals surface area contributed by atoms with Crippen LogP contribution < -0.4 is 11.5 Å². The highest BCUT2D eigenvalue weighted by atomic mass is 16.3. The minimum Gasteiger partial charge on any atom is -0.468 e. The largest absolute Gasteiger partial charge is 0.468 e. The molecule has 0 aliphatic carbocycles. The minimum absolute atomic E-state index is 0.0225. The van der Waals surface area contributed by atoms with Crippen LogP contribution in [0, 0.1) is 5.92 Å². The van der Waals surface area contributed by atoms with Crippen molar-refractivity contribution in [3.8, 4) is 0 Å². The lowest BCUT2D eigenvalue weighted by molar-refractivity contribution is -0.121. The van der Waals surface area contributed by atoms with Gasteiger partial charge in [0, 0.05) is 12.6 Å². The SMILES string of the molecule is CC(N)C(c1ccco1)N1CCC(C(N)=O)C1. The third kappa shape index (κ3) is 2.50. The molecule has 94 valence electrons. The van der Waals surface area contributed by atoms with Crippen LogP contribution in [0.25, 0.3) is 0 Å². The van der Waals surface area contributed by atoms with E-state index in [9.17, 15) is 4.79 Å². The molecule has 0 bridgehead atoms. The van der Waals surface area contributed by atoms with Gasteiger partial charge in [0.15, 0.2) is 0 Å². The number of nitrogens with two attached hydrogens (primary N) is 2. The summed E-state index contributed by atoms with van der Waals surface area (Å²) < 4.78 is 5.43. The van der Waals surface area contributed by atoms with Crippen molar-refractivity contribution in [1.29, 1.82) is 0 Å². The summed E-state index contributed by atoms with van der Waals surface area (Å²) in [6.07, 6.45) is 2.45. The van der Waals surface area contributed by atoms with E-state index in [-0.39, 0.29) is 23.9 Å². The third-order valence-electron chi connectivity index (χ3n) is 3.35. The number of hydrogen-bond acceptors (Lipinski definition) is 4. The monoisotopic (exact) mass is 237 g/mol. The summed E-state index contributed by atoms with van der Waals surface area (Å²) in [5, 5.41) is 0. The first kappa shape index (κ1) is 12.1. The van der Waals surface area contributed by atoms with Crippen LogP contribution >= 0.6 is 0 Å². The average molecular weight is 237 g/mol. The summed E-state index contributed by atoms with van der Waals surface area (Å²) in [4.78, 5) is 13.3. The van der Waals surface area contributed by atoms with Crippen molar-refractivity contribution in [2.75, 3.05) is 13.1 Å². The fraction of sp³-hybridized carbons (Fsp3) is 0.583. The van der Waals surface area contributed by atoms with Gasteiger partial charge in [0.2, 0.25) is 5.91 Å². The van der Waals surface area contributed by atoms with E-state index < -0.39 is 0 Å². The van der Waals surface area contributed by atoms with Gasteiger partial charge in [-0.15, -0.1) is 0 Å². The molecule has 2 heterocycles. The molecule has 3 atom stereocenters. The summed E-state index contributed by atoms with van der Waals surface area (Å²) in [6, 6.07) is 3.75. The zero-order valence-corrected chi connectivity index (χ0v) is 10.0. The van der Waals surface area contributed by atoms with Crippen LogP contribution in [0.3, 0.4) is 0 Å². The van der Waals surface area contributed by atoms with E-state index in [0.717, 1.165) is 18.7 Å². The summed E-state index contributed by atoms with van der Waals surface area (Å²) in [6.45, 7) is 3.45. The maximum absolute atomic E-state index is 11.2. The maximum atomic E-state index is 11.2. The predicted molar refractivity (Wildman–Crippen MR) is 64.0 cm³/mol. The fourth-order valence-corrected chi connectivity index (χ4v) is 2.50. The number of carbonyl (C=O) groups excluding carboxylic acids is 1. The Labute approximate surface area is 101 Å². The molecule has 2 rings (SSSR count). The Morgan fingerprint density at radius 3 is 2.88 bits per heavy atom. The van der Waals surface area contributed by atoms with Crippen LogP contribution in [0.5, 0.6) is 0 Å². The lowest BCUT2D eigenvalue weighted by atomic mass is 10.1. The molecule has 0 radical (unpaired) electrons. The fourth-order valence-electron chi connectivity index (χ4n) is 2.50. The van der Waals surface area contributed by atoms with Gasteiger partial charge in [0.1, 0.15) is 5.76 Å². The Bertz CT molecular complexity index is 375. The Kier molecular flexibility index (Phi) is 3.49. The Morgan fingerprint density at radius 1 is 1.65 bits per heavy atom. The van der Waals surface area contributed by atoms with E-state index in [4.69, 9.17) is 15.9 Å². The van der Waals surface area contributed by atoms with Crippen molar-refractivity contribution < 1.29 is 9.21 Å². The maximum Gasteiger partial charge on any atom is 0.221 e. The third-order valence-corrected chi connectivity index (χ3v) is 3.35. The van der Waals surface area contributed by atoms with Crippen molar-refractivity contribution in [2.45, 2.75) is 25.4 Å². The second kappa shape index (κ2) is 4.89.